The minimum absolute atomic E-state index is 0.145. The van der Waals surface area contributed by atoms with Crippen LogP contribution in [0.4, 0.5) is 0 Å². The number of hydrogen-bond acceptors (Lipinski definition) is 8. The molecule has 0 aliphatic carbocycles. The van der Waals surface area contributed by atoms with Crippen LogP contribution in [-0.2, 0) is 33.5 Å². The first-order valence-electron chi connectivity index (χ1n) is 9.93. The Kier molecular flexibility index (Phi) is 10.3. The van der Waals surface area contributed by atoms with Crippen molar-refractivity contribution in [2.24, 2.45) is 11.1 Å². The number of amides is 3. The van der Waals surface area contributed by atoms with E-state index in [0.717, 1.165) is 0 Å². The molecule has 0 aromatic carbocycles. The molecule has 0 saturated carbocycles. The van der Waals surface area contributed by atoms with Crippen LogP contribution in [0.1, 0.15) is 34.1 Å². The second-order valence-corrected chi connectivity index (χ2v) is 7.71. The van der Waals surface area contributed by atoms with E-state index in [2.05, 4.69) is 27.7 Å². The maximum absolute atomic E-state index is 12.6. The topological polar surface area (TPSA) is 148 Å². The predicted molar refractivity (Wildman–Crippen MR) is 112 cm³/mol. The van der Waals surface area contributed by atoms with Crippen molar-refractivity contribution >= 4 is 29.7 Å². The normalized spacial score (nSPS) is 19.4. The lowest BCUT2D eigenvalue weighted by Crippen LogP contribution is -2.53. The lowest BCUT2D eigenvalue weighted by Gasteiger charge is -2.22. The van der Waals surface area contributed by atoms with Gasteiger partial charge in [0.2, 0.25) is 17.6 Å². The number of ether oxygens (including phenoxy) is 2. The second-order valence-electron chi connectivity index (χ2n) is 7.71. The molecule has 0 bridgehead atoms. The average Bonchev–Trinajstić information content (AvgIpc) is 3.46. The maximum atomic E-state index is 12.6. The Morgan fingerprint density at radius 2 is 1.87 bits per heavy atom. The number of carbonyl (C=O) groups is 4. The van der Waals surface area contributed by atoms with E-state index in [4.69, 9.17) is 14.3 Å². The number of rotatable bonds is 14. The van der Waals surface area contributed by atoms with Crippen molar-refractivity contribution in [1.29, 1.82) is 0 Å². The standard InChI is InChI=1S/C20H32N4O7/c1-7-22-31-13(4)18(27)24-15(10-29-6)19(28)21-9-16(25)23-14(8-12(2)3)17(26)20(5)11-30-20/h7,12,14-15H,4,8-11H2,1-3,5-6H3,(H,21,28)(H,23,25)(H,24,27)/b22-7-/t14-,15?,20+/m0/s1. The Balaban J connectivity index is 2.62. The lowest BCUT2D eigenvalue weighted by molar-refractivity contribution is -0.133. The molecular weight excluding hydrogens is 408 g/mol. The van der Waals surface area contributed by atoms with Crippen molar-refractivity contribution in [3.8, 4) is 0 Å². The highest BCUT2D eigenvalue weighted by Crippen LogP contribution is 2.29. The van der Waals surface area contributed by atoms with Crippen molar-refractivity contribution in [3.05, 3.63) is 12.3 Å². The van der Waals surface area contributed by atoms with Crippen LogP contribution in [0, 0.1) is 5.92 Å². The number of epoxide rings is 1. The van der Waals surface area contributed by atoms with Crippen LogP contribution in [0.5, 0.6) is 0 Å². The Bertz CT molecular complexity index is 716. The zero-order chi connectivity index (χ0) is 23.6. The molecule has 0 spiro atoms. The molecule has 1 rings (SSSR count). The Morgan fingerprint density at radius 3 is 2.39 bits per heavy atom. The third kappa shape index (κ3) is 8.85. The molecule has 174 valence electrons. The van der Waals surface area contributed by atoms with Gasteiger partial charge in [0, 0.05) is 13.3 Å². The van der Waals surface area contributed by atoms with Gasteiger partial charge in [-0.15, -0.1) is 0 Å². The molecule has 0 radical (unpaired) electrons. The summed E-state index contributed by atoms with van der Waals surface area (Å²) in [5.41, 5.74) is -0.865. The molecular formula is C20H32N4O7. The van der Waals surface area contributed by atoms with E-state index < -0.39 is 35.4 Å². The van der Waals surface area contributed by atoms with E-state index in [0.29, 0.717) is 13.0 Å². The van der Waals surface area contributed by atoms with Crippen LogP contribution in [0.25, 0.3) is 0 Å². The summed E-state index contributed by atoms with van der Waals surface area (Å²) in [4.78, 5) is 54.1. The smallest absolute Gasteiger partial charge is 0.289 e. The van der Waals surface area contributed by atoms with E-state index in [1.54, 1.807) is 13.8 Å². The Labute approximate surface area is 181 Å². The van der Waals surface area contributed by atoms with Crippen molar-refractivity contribution in [1.82, 2.24) is 16.0 Å². The average molecular weight is 440 g/mol. The van der Waals surface area contributed by atoms with Gasteiger partial charge in [-0.05, 0) is 32.8 Å². The van der Waals surface area contributed by atoms with Gasteiger partial charge in [-0.2, -0.15) is 0 Å². The highest BCUT2D eigenvalue weighted by atomic mass is 16.6. The maximum Gasteiger partial charge on any atom is 0.289 e. The van der Waals surface area contributed by atoms with Crippen molar-refractivity contribution in [2.45, 2.75) is 51.8 Å². The Morgan fingerprint density at radius 1 is 1.23 bits per heavy atom. The fourth-order valence-electron chi connectivity index (χ4n) is 2.60. The molecule has 1 fully saturated rings. The van der Waals surface area contributed by atoms with Crippen LogP contribution < -0.4 is 16.0 Å². The summed E-state index contributed by atoms with van der Waals surface area (Å²) in [6.45, 7) is 10.3. The molecule has 0 aromatic heterocycles. The van der Waals surface area contributed by atoms with E-state index in [9.17, 15) is 19.2 Å². The number of nitrogens with zero attached hydrogens (tertiary/aromatic N) is 1. The third-order valence-corrected chi connectivity index (χ3v) is 4.36. The van der Waals surface area contributed by atoms with E-state index >= 15 is 0 Å². The number of hydrogen-bond donors (Lipinski definition) is 3. The number of ketones is 1. The van der Waals surface area contributed by atoms with Gasteiger partial charge in [0.05, 0.1) is 25.8 Å². The van der Waals surface area contributed by atoms with Gasteiger partial charge in [0.15, 0.2) is 5.78 Å². The largest absolute Gasteiger partial charge is 0.382 e. The number of Topliss-reactive ketones (excluding diaryl/α,β-unsaturated/α-hetero) is 1. The molecule has 11 nitrogen and oxygen atoms in total. The van der Waals surface area contributed by atoms with Gasteiger partial charge in [0.25, 0.3) is 5.91 Å². The molecule has 31 heavy (non-hydrogen) atoms. The number of carbonyl (C=O) groups excluding carboxylic acids is 4. The molecule has 1 saturated heterocycles. The van der Waals surface area contributed by atoms with Gasteiger partial charge in [-0.25, -0.2) is 0 Å². The molecule has 1 heterocycles. The summed E-state index contributed by atoms with van der Waals surface area (Å²) in [7, 11) is 1.36. The molecule has 0 aromatic rings. The van der Waals surface area contributed by atoms with Crippen LogP contribution in [0.3, 0.4) is 0 Å². The number of methoxy groups -OCH3 is 1. The van der Waals surface area contributed by atoms with Crippen LogP contribution in [-0.4, -0.2) is 74.3 Å². The van der Waals surface area contributed by atoms with Gasteiger partial charge in [0.1, 0.15) is 11.6 Å². The summed E-state index contributed by atoms with van der Waals surface area (Å²) >= 11 is 0. The van der Waals surface area contributed by atoms with Crippen LogP contribution >= 0.6 is 0 Å². The van der Waals surface area contributed by atoms with Crippen molar-refractivity contribution in [2.75, 3.05) is 26.9 Å². The third-order valence-electron chi connectivity index (χ3n) is 4.36. The minimum atomic E-state index is -1.09. The van der Waals surface area contributed by atoms with Gasteiger partial charge < -0.3 is 30.3 Å². The van der Waals surface area contributed by atoms with Crippen LogP contribution in [0.15, 0.2) is 17.5 Å². The first-order chi connectivity index (χ1) is 14.5. The van der Waals surface area contributed by atoms with Crippen molar-refractivity contribution in [3.63, 3.8) is 0 Å². The molecule has 3 amide bonds. The first-order valence-corrected chi connectivity index (χ1v) is 9.93. The molecule has 1 aliphatic rings. The van der Waals surface area contributed by atoms with Crippen molar-refractivity contribution < 1.29 is 33.5 Å². The molecule has 1 unspecified atom stereocenters. The quantitative estimate of drug-likeness (QED) is 0.110. The molecule has 3 atom stereocenters. The van der Waals surface area contributed by atoms with E-state index in [1.165, 1.54) is 13.3 Å². The zero-order valence-corrected chi connectivity index (χ0v) is 18.6. The van der Waals surface area contributed by atoms with Gasteiger partial charge in [-0.1, -0.05) is 19.0 Å². The zero-order valence-electron chi connectivity index (χ0n) is 18.6. The fourth-order valence-corrected chi connectivity index (χ4v) is 2.60. The molecule has 11 heteroatoms. The predicted octanol–water partition coefficient (Wildman–Crippen LogP) is -0.341. The number of oxime groups is 1. The van der Waals surface area contributed by atoms with E-state index in [-0.39, 0.29) is 30.6 Å². The summed E-state index contributed by atoms with van der Waals surface area (Å²) in [6.07, 6.45) is 1.77. The lowest BCUT2D eigenvalue weighted by atomic mass is 9.93. The highest BCUT2D eigenvalue weighted by molar-refractivity contribution is 5.98. The Hall–Kier alpha value is -2.79. The summed E-state index contributed by atoms with van der Waals surface area (Å²) in [5, 5.41) is 10.9. The minimum Gasteiger partial charge on any atom is -0.382 e. The molecule has 1 aliphatic heterocycles. The van der Waals surface area contributed by atoms with Crippen LogP contribution in [0.2, 0.25) is 0 Å². The summed E-state index contributed by atoms with van der Waals surface area (Å²) in [5.74, 6) is -2.29. The number of nitrogens with one attached hydrogen (secondary N) is 3. The summed E-state index contributed by atoms with van der Waals surface area (Å²) in [6, 6.07) is -1.81. The molecule has 3 N–H and O–H groups in total. The second kappa shape index (κ2) is 12.2. The van der Waals surface area contributed by atoms with Gasteiger partial charge >= 0.3 is 0 Å². The van der Waals surface area contributed by atoms with Gasteiger partial charge in [-0.3, -0.25) is 19.2 Å². The highest BCUT2D eigenvalue weighted by Gasteiger charge is 2.50. The fraction of sp³-hybridized carbons (Fsp3) is 0.650. The van der Waals surface area contributed by atoms with E-state index in [1.807, 2.05) is 13.8 Å². The summed E-state index contributed by atoms with van der Waals surface area (Å²) < 4.78 is 10.1. The first kappa shape index (κ1) is 26.2. The SMILES string of the molecule is C=C(O/N=C\C)C(=O)NC(COC)C(=O)NCC(=O)N[C@@H](CC(C)C)C(=O)[C@@]1(C)CO1. The monoisotopic (exact) mass is 440 g/mol.